The number of halogens is 1. The number of aryl methyl sites for hydroxylation is 1. The predicted octanol–water partition coefficient (Wildman–Crippen LogP) is 4.89. The van der Waals surface area contributed by atoms with Gasteiger partial charge in [0.05, 0.1) is 5.69 Å². The largest absolute Gasteiger partial charge is 0.488 e. The van der Waals surface area contributed by atoms with Crippen LogP contribution in [0.5, 0.6) is 5.75 Å². The summed E-state index contributed by atoms with van der Waals surface area (Å²) in [5.41, 5.74) is 2.61. The van der Waals surface area contributed by atoms with Gasteiger partial charge in [-0.1, -0.05) is 59.6 Å². The highest BCUT2D eigenvalue weighted by Crippen LogP contribution is 2.26. The molecule has 0 saturated carbocycles. The zero-order valence-corrected chi connectivity index (χ0v) is 17.9. The Morgan fingerprint density at radius 3 is 2.47 bits per heavy atom. The maximum Gasteiger partial charge on any atom is 0.335 e. The second kappa shape index (κ2) is 9.08. The third-order valence-electron chi connectivity index (χ3n) is 4.90. The number of hydrogen-bond donors (Lipinski definition) is 1. The van der Waals surface area contributed by atoms with Crippen LogP contribution in [-0.2, 0) is 16.2 Å². The molecule has 1 heterocycles. The molecular weight excluding hydrogens is 428 g/mol. The Balaban J connectivity index is 1.63. The van der Waals surface area contributed by atoms with Gasteiger partial charge in [0.2, 0.25) is 0 Å². The van der Waals surface area contributed by atoms with E-state index in [0.717, 1.165) is 16.0 Å². The molecule has 1 aliphatic rings. The summed E-state index contributed by atoms with van der Waals surface area (Å²) in [6.07, 6.45) is 1.43. The first-order valence-corrected chi connectivity index (χ1v) is 10.2. The normalized spacial score (nSPS) is 15.1. The highest BCUT2D eigenvalue weighted by Gasteiger charge is 2.36. The van der Waals surface area contributed by atoms with Crippen LogP contribution in [0, 0.1) is 6.92 Å². The monoisotopic (exact) mass is 446 g/mol. The summed E-state index contributed by atoms with van der Waals surface area (Å²) >= 11 is 6.02. The van der Waals surface area contributed by atoms with Crippen molar-refractivity contribution in [2.24, 2.45) is 0 Å². The number of para-hydroxylation sites is 1. The van der Waals surface area contributed by atoms with Crippen molar-refractivity contribution in [3.8, 4) is 5.75 Å². The van der Waals surface area contributed by atoms with Gasteiger partial charge >= 0.3 is 6.03 Å². The van der Waals surface area contributed by atoms with Crippen molar-refractivity contribution in [2.75, 3.05) is 4.90 Å². The van der Waals surface area contributed by atoms with Crippen LogP contribution in [-0.4, -0.2) is 17.8 Å². The highest BCUT2D eigenvalue weighted by atomic mass is 35.5. The average molecular weight is 447 g/mol. The number of carbonyl (C=O) groups excluding carboxylic acids is 3. The van der Waals surface area contributed by atoms with Gasteiger partial charge < -0.3 is 4.74 Å². The minimum Gasteiger partial charge on any atom is -0.488 e. The van der Waals surface area contributed by atoms with Gasteiger partial charge in [0.15, 0.2) is 0 Å². The molecule has 0 bridgehead atoms. The van der Waals surface area contributed by atoms with Gasteiger partial charge in [-0.2, -0.15) is 0 Å². The number of hydrogen-bond acceptors (Lipinski definition) is 4. The first-order chi connectivity index (χ1) is 15.4. The molecule has 4 amide bonds. The maximum atomic E-state index is 13.1. The lowest BCUT2D eigenvalue weighted by molar-refractivity contribution is -0.122. The van der Waals surface area contributed by atoms with E-state index in [-0.39, 0.29) is 12.2 Å². The molecule has 160 valence electrons. The summed E-state index contributed by atoms with van der Waals surface area (Å²) in [7, 11) is 0. The Bertz CT molecular complexity index is 1230. The summed E-state index contributed by atoms with van der Waals surface area (Å²) in [4.78, 5) is 38.9. The fourth-order valence-electron chi connectivity index (χ4n) is 3.26. The van der Waals surface area contributed by atoms with E-state index in [0.29, 0.717) is 22.0 Å². The number of anilines is 1. The van der Waals surface area contributed by atoms with E-state index in [2.05, 4.69) is 5.32 Å². The lowest BCUT2D eigenvalue weighted by Gasteiger charge is -2.26. The first kappa shape index (κ1) is 21.3. The average Bonchev–Trinajstić information content (AvgIpc) is 2.77. The van der Waals surface area contributed by atoms with Gasteiger partial charge in [0.1, 0.15) is 17.9 Å². The predicted molar refractivity (Wildman–Crippen MR) is 122 cm³/mol. The molecule has 4 rings (SSSR count). The van der Waals surface area contributed by atoms with E-state index in [4.69, 9.17) is 16.3 Å². The number of urea groups is 1. The molecule has 0 aliphatic carbocycles. The maximum absolute atomic E-state index is 13.1. The van der Waals surface area contributed by atoms with E-state index in [1.807, 2.05) is 19.1 Å². The summed E-state index contributed by atoms with van der Waals surface area (Å²) in [6, 6.07) is 20.4. The van der Waals surface area contributed by atoms with Crippen molar-refractivity contribution in [3.05, 3.63) is 100 Å². The molecule has 0 radical (unpaired) electrons. The van der Waals surface area contributed by atoms with Crippen LogP contribution < -0.4 is 15.0 Å². The Morgan fingerprint density at radius 1 is 0.969 bits per heavy atom. The van der Waals surface area contributed by atoms with Crippen LogP contribution >= 0.6 is 11.6 Å². The summed E-state index contributed by atoms with van der Waals surface area (Å²) in [5, 5.41) is 2.83. The van der Waals surface area contributed by atoms with Gasteiger partial charge in [-0.15, -0.1) is 0 Å². The van der Waals surface area contributed by atoms with Crippen molar-refractivity contribution in [1.82, 2.24) is 5.32 Å². The Morgan fingerprint density at radius 2 is 1.72 bits per heavy atom. The van der Waals surface area contributed by atoms with Crippen LogP contribution in [0.25, 0.3) is 6.08 Å². The van der Waals surface area contributed by atoms with Crippen molar-refractivity contribution in [2.45, 2.75) is 13.5 Å². The minimum atomic E-state index is -0.786. The number of benzene rings is 3. The summed E-state index contributed by atoms with van der Waals surface area (Å²) < 4.78 is 5.91. The fraction of sp³-hybridized carbons (Fsp3) is 0.0800. The van der Waals surface area contributed by atoms with E-state index in [1.54, 1.807) is 60.7 Å². The van der Waals surface area contributed by atoms with Crippen molar-refractivity contribution < 1.29 is 19.1 Å². The highest BCUT2D eigenvalue weighted by molar-refractivity contribution is 6.39. The van der Waals surface area contributed by atoms with Crippen LogP contribution in [0.1, 0.15) is 16.7 Å². The third kappa shape index (κ3) is 4.55. The number of carbonyl (C=O) groups is 3. The smallest absolute Gasteiger partial charge is 0.335 e. The van der Waals surface area contributed by atoms with Gasteiger partial charge in [-0.3, -0.25) is 14.9 Å². The molecular formula is C25H19ClN2O4. The SMILES string of the molecule is Cc1ccc(N2C(=O)NC(=O)/C(=C\c3ccccc3OCc3cccc(Cl)c3)C2=O)cc1. The quantitative estimate of drug-likeness (QED) is 0.447. The van der Waals surface area contributed by atoms with E-state index in [9.17, 15) is 14.4 Å². The number of amides is 4. The lowest BCUT2D eigenvalue weighted by Crippen LogP contribution is -2.54. The van der Waals surface area contributed by atoms with Crippen molar-refractivity contribution >= 4 is 41.2 Å². The topological polar surface area (TPSA) is 75.7 Å². The summed E-state index contributed by atoms with van der Waals surface area (Å²) in [5.74, 6) is -0.973. The molecule has 0 atom stereocenters. The number of barbiturate groups is 1. The van der Waals surface area contributed by atoms with E-state index < -0.39 is 17.8 Å². The van der Waals surface area contributed by atoms with Crippen molar-refractivity contribution in [3.63, 3.8) is 0 Å². The zero-order chi connectivity index (χ0) is 22.7. The molecule has 3 aromatic rings. The molecule has 6 nitrogen and oxygen atoms in total. The number of nitrogens with one attached hydrogen (secondary N) is 1. The van der Waals surface area contributed by atoms with Crippen LogP contribution in [0.3, 0.4) is 0 Å². The Hall–Kier alpha value is -3.90. The molecule has 1 aliphatic heterocycles. The molecule has 32 heavy (non-hydrogen) atoms. The molecule has 1 saturated heterocycles. The van der Waals surface area contributed by atoms with Gasteiger partial charge in [0.25, 0.3) is 11.8 Å². The third-order valence-corrected chi connectivity index (χ3v) is 5.13. The fourth-order valence-corrected chi connectivity index (χ4v) is 3.47. The molecule has 7 heteroatoms. The van der Waals surface area contributed by atoms with Gasteiger partial charge in [-0.25, -0.2) is 9.69 Å². The molecule has 3 aromatic carbocycles. The van der Waals surface area contributed by atoms with Crippen molar-refractivity contribution in [1.29, 1.82) is 0 Å². The standard InChI is InChI=1S/C25H19ClN2O4/c1-16-9-11-20(12-10-16)28-24(30)21(23(29)27-25(28)31)14-18-6-2-3-8-22(18)32-15-17-5-4-7-19(26)13-17/h2-14H,15H2,1H3,(H,27,29,31)/b21-14+. The van der Waals surface area contributed by atoms with Gasteiger partial charge in [-0.05, 0) is 48.9 Å². The molecule has 0 unspecified atom stereocenters. The summed E-state index contributed by atoms with van der Waals surface area (Å²) in [6.45, 7) is 2.16. The lowest BCUT2D eigenvalue weighted by atomic mass is 10.1. The Kier molecular flexibility index (Phi) is 6.05. The second-order valence-electron chi connectivity index (χ2n) is 7.25. The minimum absolute atomic E-state index is 0.163. The number of nitrogens with zero attached hydrogens (tertiary/aromatic N) is 1. The van der Waals surface area contributed by atoms with E-state index >= 15 is 0 Å². The molecule has 0 spiro atoms. The van der Waals surface area contributed by atoms with E-state index in [1.165, 1.54) is 6.08 Å². The van der Waals surface area contributed by atoms with Crippen LogP contribution in [0.2, 0.25) is 5.02 Å². The molecule has 1 fully saturated rings. The van der Waals surface area contributed by atoms with Gasteiger partial charge in [0, 0.05) is 10.6 Å². The first-order valence-electron chi connectivity index (χ1n) is 9.87. The Labute approximate surface area is 190 Å². The second-order valence-corrected chi connectivity index (χ2v) is 7.69. The molecule has 1 N–H and O–H groups in total. The number of rotatable bonds is 5. The number of imide groups is 2. The van der Waals surface area contributed by atoms with Crippen LogP contribution in [0.15, 0.2) is 78.4 Å². The van der Waals surface area contributed by atoms with Crippen LogP contribution in [0.4, 0.5) is 10.5 Å². The number of ether oxygens (including phenoxy) is 1. The zero-order valence-electron chi connectivity index (χ0n) is 17.2. The molecule has 0 aromatic heterocycles.